The van der Waals surface area contributed by atoms with E-state index in [2.05, 4.69) is 212 Å². The van der Waals surface area contributed by atoms with Gasteiger partial charge < -0.3 is 68.2 Å². The molecule has 14 heteroatoms. The number of phenolic OH excluding ortho intramolecular Hbond substituents is 3. The molecule has 0 aliphatic heterocycles. The molecule has 0 aliphatic carbocycles. The van der Waals surface area contributed by atoms with Gasteiger partial charge in [0.2, 0.25) is 11.5 Å². The van der Waals surface area contributed by atoms with E-state index in [1.165, 1.54) is 79.4 Å². The van der Waals surface area contributed by atoms with Gasteiger partial charge in [-0.25, -0.2) is 4.79 Å². The van der Waals surface area contributed by atoms with Crippen LogP contribution in [-0.2, 0) is 12.8 Å². The molecule has 0 saturated carbocycles. The SMILES string of the molecule is CCNC(=O)Oc1ccc2c(=O)cc(-c3ccc(CCCC[P+](c4ccccc4)(c4ccccc4)c4ccccc4)cc3)oc2c1O.O=c1cc(-c2ccc(CCCC[P+](c3ccccc3)(c3ccccc3)c3ccccc3)cc2)oc2c(O)c(O)ccc12.[Br-].[Br-]. The normalized spacial score (nSPS) is 11.2. The molecule has 2 aromatic heterocycles. The number of nitrogens with one attached hydrogen (secondary N) is 1. The summed E-state index contributed by atoms with van der Waals surface area (Å²) in [6.07, 6.45) is 7.53. The van der Waals surface area contributed by atoms with Crippen molar-refractivity contribution in [3.8, 4) is 45.6 Å². The van der Waals surface area contributed by atoms with Crippen LogP contribution in [0.4, 0.5) is 4.79 Å². The predicted molar refractivity (Wildman–Crippen MR) is 366 cm³/mol. The zero-order valence-electron chi connectivity index (χ0n) is 50.2. The molecule has 0 spiro atoms. The first-order chi connectivity index (χ1) is 43.5. The van der Waals surface area contributed by atoms with Gasteiger partial charge in [-0.05, 0) is 154 Å². The Balaban J connectivity index is 0.000000212. The lowest BCUT2D eigenvalue weighted by molar-refractivity contribution is -0.001000. The Morgan fingerprint density at radius 3 is 1.09 bits per heavy atom. The standard InChI is InChI=1S/C40H36NO5P.C37H31O4P.2BrH/c1-2-41-40(44)46-36-26-25-34-35(42)28-37(45-39(34)38(36)43)30-23-21-29(22-24-30)14-12-13-27-47(31-15-6-3-7-16-31,32-17-8-4-9-18-32)33-19-10-5-11-20-33;38-33-24-23-32-34(39)26-35(41-37(32)36(33)40)28-21-19-27(20-22-28)12-10-11-25-42(29-13-4-1-5-14-29,30-15-6-2-7-16-30)31-17-8-3-9-18-31;;/h3-11,15-26,28H,2,12-14,27H2,1H3,(H-,41,43,44);1-9,13-24,26H,10-12,25H2,(H-,38,39,40);2*1H. The quantitative estimate of drug-likeness (QED) is 0.0333. The molecule has 12 aromatic rings. The van der Waals surface area contributed by atoms with Crippen molar-refractivity contribution in [2.45, 2.75) is 45.4 Å². The van der Waals surface area contributed by atoms with Crippen LogP contribution in [0.2, 0.25) is 0 Å². The first-order valence-electron chi connectivity index (χ1n) is 30.1. The van der Waals surface area contributed by atoms with Gasteiger partial charge in [-0.2, -0.15) is 0 Å². The summed E-state index contributed by atoms with van der Waals surface area (Å²) in [4.78, 5) is 37.4. The van der Waals surface area contributed by atoms with E-state index in [0.717, 1.165) is 56.4 Å². The summed E-state index contributed by atoms with van der Waals surface area (Å²) in [6, 6.07) is 90.2. The Kier molecular flexibility index (Phi) is 22.8. The van der Waals surface area contributed by atoms with Crippen LogP contribution in [0.1, 0.15) is 43.7 Å². The number of ether oxygens (including phenoxy) is 1. The minimum Gasteiger partial charge on any atom is -1.00 e. The molecule has 10 aromatic carbocycles. The topological polar surface area (TPSA) is 159 Å². The van der Waals surface area contributed by atoms with Crippen LogP contribution in [0.3, 0.4) is 0 Å². The molecule has 2 heterocycles. The van der Waals surface area contributed by atoms with Crippen molar-refractivity contribution in [2.24, 2.45) is 0 Å². The molecule has 1 amide bonds. The number of amides is 1. The van der Waals surface area contributed by atoms with Crippen LogP contribution >= 0.6 is 14.5 Å². The van der Waals surface area contributed by atoms with E-state index in [0.29, 0.717) is 23.6 Å². The average molecular weight is 1370 g/mol. The van der Waals surface area contributed by atoms with Gasteiger partial charge in [-0.3, -0.25) is 9.59 Å². The number of rotatable bonds is 20. The van der Waals surface area contributed by atoms with E-state index < -0.39 is 32.1 Å². The number of fused-ring (bicyclic) bond motifs is 2. The molecule has 91 heavy (non-hydrogen) atoms. The molecule has 10 nitrogen and oxygen atoms in total. The minimum absolute atomic E-state index is 0. The highest BCUT2D eigenvalue weighted by atomic mass is 79.9. The molecule has 460 valence electrons. The summed E-state index contributed by atoms with van der Waals surface area (Å²) >= 11 is 0. The van der Waals surface area contributed by atoms with Crippen molar-refractivity contribution in [1.82, 2.24) is 5.32 Å². The molecule has 4 N–H and O–H groups in total. The van der Waals surface area contributed by atoms with Crippen LogP contribution in [-0.4, -0.2) is 40.3 Å². The lowest BCUT2D eigenvalue weighted by Crippen LogP contribution is -3.00. The molecule has 0 unspecified atom stereocenters. The van der Waals surface area contributed by atoms with Crippen molar-refractivity contribution < 1.29 is 67.6 Å². The van der Waals surface area contributed by atoms with Crippen LogP contribution in [0.15, 0.2) is 285 Å². The Bertz CT molecular complexity index is 4260. The van der Waals surface area contributed by atoms with Crippen LogP contribution in [0.25, 0.3) is 44.6 Å². The van der Waals surface area contributed by atoms with Crippen molar-refractivity contribution >= 4 is 74.4 Å². The maximum absolute atomic E-state index is 12.9. The Morgan fingerprint density at radius 2 is 0.747 bits per heavy atom. The van der Waals surface area contributed by atoms with E-state index in [9.17, 15) is 29.7 Å². The van der Waals surface area contributed by atoms with Crippen LogP contribution in [0.5, 0.6) is 23.0 Å². The lowest BCUT2D eigenvalue weighted by Gasteiger charge is -2.27. The van der Waals surface area contributed by atoms with Gasteiger partial charge in [0.1, 0.15) is 57.9 Å². The van der Waals surface area contributed by atoms with E-state index in [4.69, 9.17) is 13.6 Å². The average Bonchev–Trinajstić information content (AvgIpc) is 0.910. The van der Waals surface area contributed by atoms with E-state index >= 15 is 0 Å². The van der Waals surface area contributed by atoms with Gasteiger partial charge in [0.25, 0.3) is 0 Å². The van der Waals surface area contributed by atoms with Crippen LogP contribution < -0.4 is 86.7 Å². The number of halogens is 2. The Labute approximate surface area is 552 Å². The summed E-state index contributed by atoms with van der Waals surface area (Å²) in [7, 11) is -3.70. The molecule has 0 saturated heterocycles. The largest absolute Gasteiger partial charge is 1.00 e. The van der Waals surface area contributed by atoms with Crippen LogP contribution in [0, 0.1) is 0 Å². The molecular weight excluding hydrogens is 1300 g/mol. The van der Waals surface area contributed by atoms with E-state index in [1.54, 1.807) is 6.92 Å². The third-order valence-electron chi connectivity index (χ3n) is 16.3. The maximum atomic E-state index is 12.9. The number of unbranched alkanes of at least 4 members (excludes halogenated alkanes) is 2. The fourth-order valence-electron chi connectivity index (χ4n) is 11.8. The number of hydrogen-bond acceptors (Lipinski definition) is 9. The Morgan fingerprint density at radius 1 is 0.418 bits per heavy atom. The number of phenols is 3. The first kappa shape index (κ1) is 66.5. The van der Waals surface area contributed by atoms with Gasteiger partial charge >= 0.3 is 6.09 Å². The molecule has 0 bridgehead atoms. The molecular formula is C77H69Br2NO9P2. The third kappa shape index (κ3) is 15.0. The second kappa shape index (κ2) is 31.2. The summed E-state index contributed by atoms with van der Waals surface area (Å²) in [6.45, 7) is 2.13. The second-order valence-corrected chi connectivity index (χ2v) is 29.1. The van der Waals surface area contributed by atoms with E-state index in [-0.39, 0.29) is 78.3 Å². The number of carbonyl (C=O) groups is 1. The van der Waals surface area contributed by atoms with Crippen molar-refractivity contribution in [2.75, 3.05) is 18.9 Å². The first-order valence-corrected chi connectivity index (χ1v) is 34.0. The highest BCUT2D eigenvalue weighted by molar-refractivity contribution is 7.96. The van der Waals surface area contributed by atoms with Crippen molar-refractivity contribution in [3.05, 3.63) is 298 Å². The zero-order valence-corrected chi connectivity index (χ0v) is 55.2. The fraction of sp³-hybridized carbons (Fsp3) is 0.130. The molecule has 0 fully saturated rings. The number of aryl methyl sites for hydroxylation is 2. The van der Waals surface area contributed by atoms with Gasteiger partial charge in [0, 0.05) is 29.8 Å². The lowest BCUT2D eigenvalue weighted by atomic mass is 10.0. The maximum Gasteiger partial charge on any atom is 0.412 e. The number of aromatic hydroxyl groups is 3. The van der Waals surface area contributed by atoms with Gasteiger partial charge in [0.05, 0.1) is 23.1 Å². The Hall–Kier alpha value is -8.89. The monoisotopic (exact) mass is 1370 g/mol. The fourth-order valence-corrected chi connectivity index (χ4v) is 20.6. The highest BCUT2D eigenvalue weighted by Crippen LogP contribution is 2.57. The molecule has 0 atom stereocenters. The van der Waals surface area contributed by atoms with E-state index in [1.807, 2.05) is 24.3 Å². The third-order valence-corrected chi connectivity index (χ3v) is 25.3. The summed E-state index contributed by atoms with van der Waals surface area (Å²) in [5.74, 6) is -0.562. The summed E-state index contributed by atoms with van der Waals surface area (Å²) in [5, 5.41) is 42.2. The summed E-state index contributed by atoms with van der Waals surface area (Å²) in [5.41, 5.74) is 3.25. The minimum atomic E-state index is -1.86. The second-order valence-electron chi connectivity index (χ2n) is 21.9. The van der Waals surface area contributed by atoms with Gasteiger partial charge in [-0.1, -0.05) is 158 Å². The van der Waals surface area contributed by atoms with Gasteiger partial charge in [0.15, 0.2) is 33.5 Å². The number of hydrogen-bond donors (Lipinski definition) is 4. The predicted octanol–water partition coefficient (Wildman–Crippen LogP) is 8.79. The zero-order chi connectivity index (χ0) is 61.6. The van der Waals surface area contributed by atoms with Crippen molar-refractivity contribution in [3.63, 3.8) is 0 Å². The number of benzene rings is 10. The molecule has 0 radical (unpaired) electrons. The molecule has 0 aliphatic rings. The summed E-state index contributed by atoms with van der Waals surface area (Å²) < 4.78 is 17.0. The smallest absolute Gasteiger partial charge is 0.412 e. The van der Waals surface area contributed by atoms with Gasteiger partial charge in [-0.15, -0.1) is 0 Å². The highest BCUT2D eigenvalue weighted by Gasteiger charge is 2.46. The molecule has 12 rings (SSSR count). The number of carbonyl (C=O) groups excluding carboxylic acids is 1. The van der Waals surface area contributed by atoms with Crippen molar-refractivity contribution in [1.29, 1.82) is 0 Å².